The zero-order valence-corrected chi connectivity index (χ0v) is 15.2. The van der Waals surface area contributed by atoms with Gasteiger partial charge in [-0.25, -0.2) is 4.39 Å². The molecule has 0 heterocycles. The standard InChI is InChI=1S/C20H22ClFN2O2/c21-16-8-12(1-3-17(16)22)2-4-18(25)23-24-19(26)20-9-13-5-14(10-20)7-15(6-13)11-20/h1-4,8,13-15H,5-7,9-11H2,(H,23,25)(H,24,26)/b4-2+. The molecule has 0 aliphatic heterocycles. The molecular weight excluding hydrogens is 355 g/mol. The van der Waals surface area contributed by atoms with Crippen LogP contribution in [0.5, 0.6) is 0 Å². The average Bonchev–Trinajstić information content (AvgIpc) is 2.59. The molecule has 4 bridgehead atoms. The maximum absolute atomic E-state index is 13.1. The second kappa shape index (κ2) is 6.69. The molecule has 1 aromatic carbocycles. The molecule has 4 aliphatic carbocycles. The first-order chi connectivity index (χ1) is 12.4. The summed E-state index contributed by atoms with van der Waals surface area (Å²) in [6.45, 7) is 0. The van der Waals surface area contributed by atoms with Crippen molar-refractivity contribution in [1.82, 2.24) is 10.9 Å². The van der Waals surface area contributed by atoms with Gasteiger partial charge < -0.3 is 0 Å². The lowest BCUT2D eigenvalue weighted by Crippen LogP contribution is -2.56. The zero-order chi connectivity index (χ0) is 18.3. The Hall–Kier alpha value is -1.88. The third-order valence-electron chi connectivity index (χ3n) is 6.19. The van der Waals surface area contributed by atoms with Gasteiger partial charge in [0.15, 0.2) is 0 Å². The van der Waals surface area contributed by atoms with E-state index in [-0.39, 0.29) is 16.3 Å². The van der Waals surface area contributed by atoms with E-state index in [1.54, 1.807) is 0 Å². The van der Waals surface area contributed by atoms with E-state index in [2.05, 4.69) is 10.9 Å². The molecule has 0 saturated heterocycles. The van der Waals surface area contributed by atoms with Gasteiger partial charge in [0.05, 0.1) is 10.4 Å². The van der Waals surface area contributed by atoms with Crippen LogP contribution < -0.4 is 10.9 Å². The van der Waals surface area contributed by atoms with Crippen molar-refractivity contribution in [3.05, 3.63) is 40.7 Å². The number of carbonyl (C=O) groups excluding carboxylic acids is 2. The number of carbonyl (C=O) groups is 2. The van der Waals surface area contributed by atoms with Crippen LogP contribution >= 0.6 is 11.6 Å². The highest BCUT2D eigenvalue weighted by atomic mass is 35.5. The molecule has 4 fully saturated rings. The Labute approximate surface area is 157 Å². The van der Waals surface area contributed by atoms with Crippen molar-refractivity contribution in [3.8, 4) is 0 Å². The van der Waals surface area contributed by atoms with Gasteiger partial charge in [-0.1, -0.05) is 17.7 Å². The first kappa shape index (κ1) is 17.5. The third kappa shape index (κ3) is 3.37. The molecule has 4 aliphatic rings. The summed E-state index contributed by atoms with van der Waals surface area (Å²) in [4.78, 5) is 24.7. The number of hydrogen-bond donors (Lipinski definition) is 2. The molecule has 5 rings (SSSR count). The predicted octanol–water partition coefficient (Wildman–Crippen LogP) is 3.86. The summed E-state index contributed by atoms with van der Waals surface area (Å²) >= 11 is 5.72. The molecule has 1 aromatic rings. The molecule has 2 amide bonds. The van der Waals surface area contributed by atoms with E-state index in [0.29, 0.717) is 23.3 Å². The number of nitrogens with one attached hydrogen (secondary N) is 2. The van der Waals surface area contributed by atoms with E-state index in [1.807, 2.05) is 0 Å². The average molecular weight is 377 g/mol. The molecule has 0 unspecified atom stereocenters. The minimum Gasteiger partial charge on any atom is -0.273 e. The first-order valence-corrected chi connectivity index (χ1v) is 9.55. The van der Waals surface area contributed by atoms with Crippen LogP contribution in [0.2, 0.25) is 5.02 Å². The topological polar surface area (TPSA) is 58.2 Å². The fourth-order valence-electron chi connectivity index (χ4n) is 5.47. The van der Waals surface area contributed by atoms with Gasteiger partial charge in [0.25, 0.3) is 5.91 Å². The highest BCUT2D eigenvalue weighted by molar-refractivity contribution is 6.30. The van der Waals surface area contributed by atoms with E-state index >= 15 is 0 Å². The number of halogens is 2. The monoisotopic (exact) mass is 376 g/mol. The largest absolute Gasteiger partial charge is 0.273 e. The van der Waals surface area contributed by atoms with Crippen LogP contribution in [0.25, 0.3) is 6.08 Å². The smallest absolute Gasteiger partial charge is 0.262 e. The van der Waals surface area contributed by atoms with Crippen LogP contribution in [0.3, 0.4) is 0 Å². The summed E-state index contributed by atoms with van der Waals surface area (Å²) in [5.74, 6) is 1.03. The van der Waals surface area contributed by atoms with Crippen molar-refractivity contribution >= 4 is 29.5 Å². The fraction of sp³-hybridized carbons (Fsp3) is 0.500. The molecule has 0 atom stereocenters. The molecular formula is C20H22ClFN2O2. The summed E-state index contributed by atoms with van der Waals surface area (Å²) < 4.78 is 13.1. The highest BCUT2D eigenvalue weighted by Crippen LogP contribution is 2.60. The summed E-state index contributed by atoms with van der Waals surface area (Å²) in [6, 6.07) is 4.21. The van der Waals surface area contributed by atoms with Crippen molar-refractivity contribution in [3.63, 3.8) is 0 Å². The van der Waals surface area contributed by atoms with E-state index in [4.69, 9.17) is 11.6 Å². The summed E-state index contributed by atoms with van der Waals surface area (Å²) in [5.41, 5.74) is 5.41. The van der Waals surface area contributed by atoms with Crippen molar-refractivity contribution in [1.29, 1.82) is 0 Å². The molecule has 0 aromatic heterocycles. The Balaban J connectivity index is 1.33. The summed E-state index contributed by atoms with van der Waals surface area (Å²) in [7, 11) is 0. The maximum Gasteiger partial charge on any atom is 0.262 e. The molecule has 4 nitrogen and oxygen atoms in total. The van der Waals surface area contributed by atoms with E-state index in [0.717, 1.165) is 19.3 Å². The molecule has 138 valence electrons. The van der Waals surface area contributed by atoms with Crippen LogP contribution in [-0.4, -0.2) is 11.8 Å². The Morgan fingerprint density at radius 2 is 1.69 bits per heavy atom. The maximum atomic E-state index is 13.1. The number of amides is 2. The lowest BCUT2D eigenvalue weighted by molar-refractivity contribution is -0.148. The SMILES string of the molecule is O=C(/C=C/c1ccc(F)c(Cl)c1)NNC(=O)C12CC3CC(CC(C3)C1)C2. The quantitative estimate of drug-likeness (QED) is 0.621. The second-order valence-electron chi connectivity index (χ2n) is 8.15. The predicted molar refractivity (Wildman–Crippen MR) is 97.3 cm³/mol. The number of hydrazine groups is 1. The van der Waals surface area contributed by atoms with Gasteiger partial charge in [0, 0.05) is 6.08 Å². The van der Waals surface area contributed by atoms with E-state index < -0.39 is 11.7 Å². The molecule has 4 saturated carbocycles. The first-order valence-electron chi connectivity index (χ1n) is 9.17. The molecule has 0 spiro atoms. The molecule has 0 radical (unpaired) electrons. The summed E-state index contributed by atoms with van der Waals surface area (Å²) in [5, 5.41) is 0.00248. The normalized spacial score (nSPS) is 32.0. The van der Waals surface area contributed by atoms with Gasteiger partial charge >= 0.3 is 0 Å². The highest BCUT2D eigenvalue weighted by Gasteiger charge is 2.54. The van der Waals surface area contributed by atoms with Gasteiger partial charge in [0.2, 0.25) is 5.91 Å². The minimum absolute atomic E-state index is 0.00248. The van der Waals surface area contributed by atoms with Crippen molar-refractivity contribution in [2.45, 2.75) is 38.5 Å². The van der Waals surface area contributed by atoms with Gasteiger partial charge in [-0.05, 0) is 80.1 Å². The van der Waals surface area contributed by atoms with Crippen LogP contribution in [0.15, 0.2) is 24.3 Å². The molecule has 26 heavy (non-hydrogen) atoms. The zero-order valence-electron chi connectivity index (χ0n) is 14.4. The summed E-state index contributed by atoms with van der Waals surface area (Å²) in [6.07, 6.45) is 9.46. The fourth-order valence-corrected chi connectivity index (χ4v) is 5.66. The number of hydrogen-bond acceptors (Lipinski definition) is 2. The van der Waals surface area contributed by atoms with Gasteiger partial charge in [-0.3, -0.25) is 20.4 Å². The Morgan fingerprint density at radius 3 is 2.27 bits per heavy atom. The van der Waals surface area contributed by atoms with E-state index in [1.165, 1.54) is 49.6 Å². The minimum atomic E-state index is -0.504. The second-order valence-corrected chi connectivity index (χ2v) is 8.56. The van der Waals surface area contributed by atoms with Crippen LogP contribution in [0.4, 0.5) is 4.39 Å². The number of benzene rings is 1. The van der Waals surface area contributed by atoms with Crippen LogP contribution in [0, 0.1) is 29.0 Å². The Morgan fingerprint density at radius 1 is 1.08 bits per heavy atom. The van der Waals surface area contributed by atoms with Crippen LogP contribution in [-0.2, 0) is 9.59 Å². The van der Waals surface area contributed by atoms with Crippen molar-refractivity contribution in [2.24, 2.45) is 23.2 Å². The van der Waals surface area contributed by atoms with Crippen LogP contribution in [0.1, 0.15) is 44.1 Å². The lowest BCUT2D eigenvalue weighted by atomic mass is 9.49. The third-order valence-corrected chi connectivity index (χ3v) is 6.48. The molecule has 6 heteroatoms. The van der Waals surface area contributed by atoms with E-state index in [9.17, 15) is 14.0 Å². The Bertz CT molecular complexity index is 742. The van der Waals surface area contributed by atoms with Gasteiger partial charge in [0.1, 0.15) is 5.82 Å². The van der Waals surface area contributed by atoms with Gasteiger partial charge in [-0.2, -0.15) is 0 Å². The lowest BCUT2D eigenvalue weighted by Gasteiger charge is -2.55. The Kier molecular flexibility index (Phi) is 4.51. The number of rotatable bonds is 3. The molecule has 2 N–H and O–H groups in total. The van der Waals surface area contributed by atoms with Crippen molar-refractivity contribution in [2.75, 3.05) is 0 Å². The van der Waals surface area contributed by atoms with Crippen molar-refractivity contribution < 1.29 is 14.0 Å². The van der Waals surface area contributed by atoms with Gasteiger partial charge in [-0.15, -0.1) is 0 Å².